The first-order chi connectivity index (χ1) is 13.4. The second-order valence-corrected chi connectivity index (χ2v) is 8.72. The Bertz CT molecular complexity index is 797. The third-order valence-corrected chi connectivity index (χ3v) is 5.79. The molecular formula is C25H33NO2. The van der Waals surface area contributed by atoms with Crippen LogP contribution in [0, 0.1) is 0 Å². The summed E-state index contributed by atoms with van der Waals surface area (Å²) >= 11 is 0. The van der Waals surface area contributed by atoms with Gasteiger partial charge in [-0.3, -0.25) is 4.79 Å². The van der Waals surface area contributed by atoms with Gasteiger partial charge < -0.3 is 10.1 Å². The first kappa shape index (κ1) is 20.4. The molecule has 3 heteroatoms. The lowest BCUT2D eigenvalue weighted by Crippen LogP contribution is -2.43. The van der Waals surface area contributed by atoms with E-state index in [1.165, 1.54) is 29.5 Å². The summed E-state index contributed by atoms with van der Waals surface area (Å²) in [6, 6.07) is 16.8. The van der Waals surface area contributed by atoms with Crippen LogP contribution < -0.4 is 10.1 Å². The summed E-state index contributed by atoms with van der Waals surface area (Å²) in [6.45, 7) is 8.36. The highest BCUT2D eigenvalue weighted by Crippen LogP contribution is 2.30. The van der Waals surface area contributed by atoms with Gasteiger partial charge in [-0.2, -0.15) is 0 Å². The number of fused-ring (bicyclic) bond motifs is 1. The second-order valence-electron chi connectivity index (χ2n) is 8.72. The van der Waals surface area contributed by atoms with Gasteiger partial charge in [-0.1, -0.05) is 56.3 Å². The van der Waals surface area contributed by atoms with Crippen LogP contribution in [-0.2, 0) is 23.1 Å². The lowest BCUT2D eigenvalue weighted by molar-refractivity contribution is -0.128. The summed E-state index contributed by atoms with van der Waals surface area (Å²) in [6.07, 6.45) is 4.95. The van der Waals surface area contributed by atoms with Crippen LogP contribution >= 0.6 is 0 Å². The predicted octanol–water partition coefficient (Wildman–Crippen LogP) is 5.21. The Balaban J connectivity index is 1.58. The molecule has 0 saturated carbocycles. The molecule has 150 valence electrons. The highest BCUT2D eigenvalue weighted by Gasteiger charge is 2.26. The van der Waals surface area contributed by atoms with Crippen LogP contribution in [-0.4, -0.2) is 18.1 Å². The molecule has 1 N–H and O–H groups in total. The first-order valence-electron chi connectivity index (χ1n) is 10.5. The van der Waals surface area contributed by atoms with E-state index in [1.54, 1.807) is 0 Å². The van der Waals surface area contributed by atoms with Crippen LogP contribution in [0.15, 0.2) is 48.5 Å². The molecule has 28 heavy (non-hydrogen) atoms. The molecule has 3 rings (SSSR count). The van der Waals surface area contributed by atoms with Crippen molar-refractivity contribution in [3.05, 3.63) is 65.2 Å². The minimum absolute atomic E-state index is 0.00342. The maximum Gasteiger partial charge on any atom is 0.260 e. The van der Waals surface area contributed by atoms with E-state index in [0.29, 0.717) is 0 Å². The summed E-state index contributed by atoms with van der Waals surface area (Å²) in [5, 5.41) is 3.14. The van der Waals surface area contributed by atoms with Gasteiger partial charge in [-0.05, 0) is 74.1 Å². The molecule has 0 aliphatic heterocycles. The van der Waals surface area contributed by atoms with Gasteiger partial charge in [0.2, 0.25) is 0 Å². The van der Waals surface area contributed by atoms with Crippen LogP contribution in [0.25, 0.3) is 0 Å². The predicted molar refractivity (Wildman–Crippen MR) is 115 cm³/mol. The lowest BCUT2D eigenvalue weighted by atomic mass is 9.79. The normalized spacial score (nSPS) is 16.0. The van der Waals surface area contributed by atoms with Crippen molar-refractivity contribution in [2.75, 3.05) is 0 Å². The zero-order valence-electron chi connectivity index (χ0n) is 17.6. The van der Waals surface area contributed by atoms with Crippen LogP contribution in [0.2, 0.25) is 0 Å². The largest absolute Gasteiger partial charge is 0.481 e. The number of carbonyl (C=O) groups excluding carboxylic acids is 1. The molecule has 0 spiro atoms. The van der Waals surface area contributed by atoms with Gasteiger partial charge in [0.05, 0.1) is 0 Å². The number of amides is 1. The van der Waals surface area contributed by atoms with Crippen molar-refractivity contribution >= 4 is 5.91 Å². The highest BCUT2D eigenvalue weighted by atomic mass is 16.5. The molecule has 3 nitrogen and oxygen atoms in total. The third kappa shape index (κ3) is 4.95. The Morgan fingerprint density at radius 2 is 1.75 bits per heavy atom. The standard InChI is InChI=1S/C25H33NO2/c1-18(17-25(3,4)21-13-6-5-7-14-21)26-24(27)19(2)28-23-16-10-12-20-11-8-9-15-22(20)23/h5-7,10,12-14,16,18-19H,8-9,11,15,17H2,1-4H3,(H,26,27)/t18-,19+/m1/s1. The first-order valence-corrected chi connectivity index (χ1v) is 10.5. The quantitative estimate of drug-likeness (QED) is 0.717. The van der Waals surface area contributed by atoms with E-state index < -0.39 is 6.10 Å². The van der Waals surface area contributed by atoms with Crippen molar-refractivity contribution in [1.29, 1.82) is 0 Å². The fraction of sp³-hybridized carbons (Fsp3) is 0.480. The Labute approximate surface area is 169 Å². The molecule has 0 saturated heterocycles. The van der Waals surface area contributed by atoms with Crippen molar-refractivity contribution < 1.29 is 9.53 Å². The number of hydrogen-bond acceptors (Lipinski definition) is 2. The van der Waals surface area contributed by atoms with E-state index in [-0.39, 0.29) is 17.4 Å². The van der Waals surface area contributed by atoms with Crippen molar-refractivity contribution in [2.24, 2.45) is 0 Å². The summed E-state index contributed by atoms with van der Waals surface area (Å²) < 4.78 is 6.08. The van der Waals surface area contributed by atoms with Crippen molar-refractivity contribution in [1.82, 2.24) is 5.32 Å². The molecule has 0 fully saturated rings. The van der Waals surface area contributed by atoms with E-state index in [1.807, 2.05) is 25.1 Å². The summed E-state index contributed by atoms with van der Waals surface area (Å²) in [5.74, 6) is 0.821. The lowest BCUT2D eigenvalue weighted by Gasteiger charge is -2.30. The number of benzene rings is 2. The van der Waals surface area contributed by atoms with Crippen LogP contribution in [0.1, 0.15) is 63.6 Å². The van der Waals surface area contributed by atoms with E-state index >= 15 is 0 Å². The van der Waals surface area contributed by atoms with E-state index in [2.05, 4.69) is 56.4 Å². The molecule has 0 heterocycles. The number of aryl methyl sites for hydroxylation is 1. The average molecular weight is 380 g/mol. The van der Waals surface area contributed by atoms with Crippen molar-refractivity contribution in [2.45, 2.75) is 77.4 Å². The van der Waals surface area contributed by atoms with Gasteiger partial charge in [0.15, 0.2) is 6.10 Å². The molecular weight excluding hydrogens is 346 g/mol. The number of hydrogen-bond donors (Lipinski definition) is 1. The molecule has 0 bridgehead atoms. The minimum atomic E-state index is -0.504. The summed E-state index contributed by atoms with van der Waals surface area (Å²) in [7, 11) is 0. The molecule has 2 atom stereocenters. The molecule has 0 unspecified atom stereocenters. The second kappa shape index (κ2) is 8.81. The van der Waals surface area contributed by atoms with Gasteiger partial charge in [0.1, 0.15) is 5.75 Å². The van der Waals surface area contributed by atoms with Crippen molar-refractivity contribution in [3.8, 4) is 5.75 Å². The van der Waals surface area contributed by atoms with Gasteiger partial charge in [-0.25, -0.2) is 0 Å². The van der Waals surface area contributed by atoms with E-state index in [4.69, 9.17) is 4.74 Å². The van der Waals surface area contributed by atoms with E-state index in [0.717, 1.165) is 25.0 Å². The third-order valence-electron chi connectivity index (χ3n) is 5.79. The van der Waals surface area contributed by atoms with Gasteiger partial charge >= 0.3 is 0 Å². The molecule has 1 aliphatic carbocycles. The summed E-state index contributed by atoms with van der Waals surface area (Å²) in [5.41, 5.74) is 3.94. The Morgan fingerprint density at radius 3 is 2.50 bits per heavy atom. The average Bonchev–Trinajstić information content (AvgIpc) is 2.68. The number of nitrogens with one attached hydrogen (secondary N) is 1. The Kier molecular flexibility index (Phi) is 6.43. The number of carbonyl (C=O) groups is 1. The van der Waals surface area contributed by atoms with Crippen LogP contribution in [0.4, 0.5) is 0 Å². The molecule has 0 radical (unpaired) electrons. The molecule has 2 aromatic carbocycles. The molecule has 1 aliphatic rings. The highest BCUT2D eigenvalue weighted by molar-refractivity contribution is 5.81. The fourth-order valence-corrected chi connectivity index (χ4v) is 4.28. The monoisotopic (exact) mass is 379 g/mol. The maximum absolute atomic E-state index is 12.7. The molecule has 0 aromatic heterocycles. The van der Waals surface area contributed by atoms with Gasteiger partial charge in [0.25, 0.3) is 5.91 Å². The molecule has 2 aromatic rings. The van der Waals surface area contributed by atoms with Crippen molar-refractivity contribution in [3.63, 3.8) is 0 Å². The van der Waals surface area contributed by atoms with Crippen LogP contribution in [0.5, 0.6) is 5.75 Å². The van der Waals surface area contributed by atoms with E-state index in [9.17, 15) is 4.79 Å². The smallest absolute Gasteiger partial charge is 0.260 e. The summed E-state index contributed by atoms with van der Waals surface area (Å²) in [4.78, 5) is 12.7. The number of rotatable bonds is 7. The van der Waals surface area contributed by atoms with Gasteiger partial charge in [0, 0.05) is 6.04 Å². The number of ether oxygens (including phenoxy) is 1. The Hall–Kier alpha value is -2.29. The maximum atomic E-state index is 12.7. The van der Waals surface area contributed by atoms with Gasteiger partial charge in [-0.15, -0.1) is 0 Å². The zero-order valence-corrected chi connectivity index (χ0v) is 17.6. The fourth-order valence-electron chi connectivity index (χ4n) is 4.28. The minimum Gasteiger partial charge on any atom is -0.481 e. The zero-order chi connectivity index (χ0) is 20.1. The molecule has 1 amide bonds. The van der Waals surface area contributed by atoms with Crippen LogP contribution in [0.3, 0.4) is 0 Å². The SMILES string of the molecule is C[C@H](CC(C)(C)c1ccccc1)NC(=O)[C@H](C)Oc1cccc2c1CCCC2. The Morgan fingerprint density at radius 1 is 1.04 bits per heavy atom. The topological polar surface area (TPSA) is 38.3 Å².